The number of alkyl halides is 3. The summed E-state index contributed by atoms with van der Waals surface area (Å²) in [6.45, 7) is 0. The van der Waals surface area contributed by atoms with E-state index in [1.807, 2.05) is 0 Å². The van der Waals surface area contributed by atoms with E-state index in [0.717, 1.165) is 23.9 Å². The number of halogens is 3. The van der Waals surface area contributed by atoms with Crippen LogP contribution < -0.4 is 5.73 Å². The van der Waals surface area contributed by atoms with Gasteiger partial charge in [0.2, 0.25) is 0 Å². The van der Waals surface area contributed by atoms with Crippen LogP contribution in [0.1, 0.15) is 11.3 Å². The Kier molecular flexibility index (Phi) is 4.12. The molecule has 1 heterocycles. The van der Waals surface area contributed by atoms with Crippen molar-refractivity contribution in [2.75, 3.05) is 5.73 Å². The lowest BCUT2D eigenvalue weighted by Crippen LogP contribution is -2.05. The van der Waals surface area contributed by atoms with E-state index in [4.69, 9.17) is 10.2 Å². The molecule has 0 atom stereocenters. The van der Waals surface area contributed by atoms with Gasteiger partial charge in [0.15, 0.2) is 0 Å². The topological polar surface area (TPSA) is 82.3 Å². The van der Waals surface area contributed by atoms with Gasteiger partial charge in [0.05, 0.1) is 17.4 Å². The number of nitrogens with zero attached hydrogens (tertiary/aromatic N) is 1. The summed E-state index contributed by atoms with van der Waals surface area (Å²) in [6, 6.07) is 5.70. The van der Waals surface area contributed by atoms with E-state index in [-0.39, 0.29) is 17.3 Å². The fraction of sp³-hybridized carbons (Fsp3) is 0.167. The predicted octanol–water partition coefficient (Wildman–Crippen LogP) is 4.08. The van der Waals surface area contributed by atoms with E-state index in [1.165, 1.54) is 18.2 Å². The largest absolute Gasteiger partial charge is 0.433 e. The van der Waals surface area contributed by atoms with Crippen molar-refractivity contribution in [1.29, 1.82) is 0 Å². The average Bonchev–Trinajstić information content (AvgIpc) is 2.85. The first-order valence-corrected chi connectivity index (χ1v) is 6.58. The van der Waals surface area contributed by atoms with E-state index < -0.39 is 16.7 Å². The third-order valence-corrected chi connectivity index (χ3v) is 3.65. The lowest BCUT2D eigenvalue weighted by Gasteiger charge is -2.10. The van der Waals surface area contributed by atoms with E-state index in [2.05, 4.69) is 0 Å². The number of hydrogen-bond donors (Lipinski definition) is 1. The van der Waals surface area contributed by atoms with Gasteiger partial charge in [0.1, 0.15) is 10.7 Å². The van der Waals surface area contributed by atoms with E-state index in [0.29, 0.717) is 10.7 Å². The maximum Gasteiger partial charge on any atom is 0.433 e. The van der Waals surface area contributed by atoms with Gasteiger partial charge in [-0.1, -0.05) is 0 Å². The smallest absolute Gasteiger partial charge is 0.405 e. The third kappa shape index (κ3) is 3.69. The zero-order valence-corrected chi connectivity index (χ0v) is 11.2. The Morgan fingerprint density at radius 1 is 1.29 bits per heavy atom. The molecule has 0 amide bonds. The Bertz CT molecular complexity index is 670. The molecule has 1 aromatic carbocycles. The van der Waals surface area contributed by atoms with Gasteiger partial charge in [-0.2, -0.15) is 13.2 Å². The van der Waals surface area contributed by atoms with Crippen LogP contribution in [0.5, 0.6) is 0 Å². The van der Waals surface area contributed by atoms with Gasteiger partial charge in [-0.25, -0.2) is 0 Å². The van der Waals surface area contributed by atoms with E-state index in [1.54, 1.807) is 0 Å². The lowest BCUT2D eigenvalue weighted by atomic mass is 10.2. The maximum atomic E-state index is 12.5. The van der Waals surface area contributed by atoms with Crippen molar-refractivity contribution in [3.63, 3.8) is 0 Å². The minimum Gasteiger partial charge on any atom is -0.405 e. The number of nitrogen functional groups attached to an aromatic ring is 1. The number of anilines is 1. The van der Waals surface area contributed by atoms with Crippen molar-refractivity contribution in [2.24, 2.45) is 0 Å². The summed E-state index contributed by atoms with van der Waals surface area (Å²) in [5.41, 5.74) is 4.75. The summed E-state index contributed by atoms with van der Waals surface area (Å²) in [4.78, 5) is 10.2. The van der Waals surface area contributed by atoms with Crippen molar-refractivity contribution in [3.8, 4) is 0 Å². The minimum atomic E-state index is -4.45. The second kappa shape index (κ2) is 5.68. The quantitative estimate of drug-likeness (QED) is 0.397. The molecule has 0 unspecified atom stereocenters. The van der Waals surface area contributed by atoms with Crippen molar-refractivity contribution in [1.82, 2.24) is 0 Å². The molecule has 0 saturated heterocycles. The highest BCUT2D eigenvalue weighted by atomic mass is 32.2. The van der Waals surface area contributed by atoms with Crippen molar-refractivity contribution >= 4 is 23.3 Å². The molecule has 21 heavy (non-hydrogen) atoms. The summed E-state index contributed by atoms with van der Waals surface area (Å²) in [5.74, 6) is 0.181. The van der Waals surface area contributed by atoms with Gasteiger partial charge in [0.25, 0.3) is 0 Å². The van der Waals surface area contributed by atoms with Crippen molar-refractivity contribution < 1.29 is 22.5 Å². The molecule has 2 aromatic rings. The third-order valence-electron chi connectivity index (χ3n) is 2.53. The first-order valence-electron chi connectivity index (χ1n) is 5.60. The molecule has 0 saturated carbocycles. The normalized spacial score (nSPS) is 11.6. The minimum absolute atomic E-state index is 0.00381. The molecule has 112 valence electrons. The zero-order valence-electron chi connectivity index (χ0n) is 10.4. The molecule has 2 N–H and O–H groups in total. The predicted molar refractivity (Wildman–Crippen MR) is 70.8 cm³/mol. The van der Waals surface area contributed by atoms with Gasteiger partial charge < -0.3 is 10.2 Å². The lowest BCUT2D eigenvalue weighted by molar-refractivity contribution is -0.402. The second-order valence-corrected chi connectivity index (χ2v) is 5.05. The van der Waals surface area contributed by atoms with Crippen LogP contribution in [0.3, 0.4) is 0 Å². The standard InChI is InChI=1S/C12H9F3N2O3S/c13-12(14,15)7-1-3-10(9(16)5-7)21-6-8-2-4-11(20-8)17(18)19/h1-5H,6,16H2. The number of benzene rings is 1. The Morgan fingerprint density at radius 3 is 2.52 bits per heavy atom. The molecular formula is C12H9F3N2O3S. The van der Waals surface area contributed by atoms with Crippen LogP contribution in [0.15, 0.2) is 39.6 Å². The van der Waals surface area contributed by atoms with E-state index >= 15 is 0 Å². The molecule has 0 radical (unpaired) electrons. The summed E-state index contributed by atoms with van der Waals surface area (Å²) in [5, 5.41) is 10.5. The van der Waals surface area contributed by atoms with Crippen LogP contribution in [0.25, 0.3) is 0 Å². The fourth-order valence-corrected chi connectivity index (χ4v) is 2.39. The molecule has 0 spiro atoms. The van der Waals surface area contributed by atoms with Crippen LogP contribution in [0.2, 0.25) is 0 Å². The van der Waals surface area contributed by atoms with Crippen LogP contribution in [0, 0.1) is 10.1 Å². The Labute approximate surface area is 121 Å². The maximum absolute atomic E-state index is 12.5. The van der Waals surface area contributed by atoms with Gasteiger partial charge in [-0.3, -0.25) is 10.1 Å². The summed E-state index contributed by atoms with van der Waals surface area (Å²) < 4.78 is 42.4. The number of nitro groups is 1. The van der Waals surface area contributed by atoms with Gasteiger partial charge in [-0.05, 0) is 24.3 Å². The highest BCUT2D eigenvalue weighted by Gasteiger charge is 2.30. The molecule has 9 heteroatoms. The number of hydrogen-bond acceptors (Lipinski definition) is 5. The molecule has 0 aliphatic carbocycles. The fourth-order valence-electron chi connectivity index (χ4n) is 1.55. The molecular weight excluding hydrogens is 309 g/mol. The molecule has 0 fully saturated rings. The number of furan rings is 1. The Balaban J connectivity index is 2.08. The summed E-state index contributed by atoms with van der Waals surface area (Å²) >= 11 is 1.14. The first-order chi connectivity index (χ1) is 9.77. The number of rotatable bonds is 4. The highest BCUT2D eigenvalue weighted by molar-refractivity contribution is 7.98. The number of nitrogens with two attached hydrogens (primary N) is 1. The van der Waals surface area contributed by atoms with E-state index in [9.17, 15) is 23.3 Å². The number of thioether (sulfide) groups is 1. The molecule has 5 nitrogen and oxygen atoms in total. The second-order valence-electron chi connectivity index (χ2n) is 4.04. The van der Waals surface area contributed by atoms with Gasteiger partial charge in [-0.15, -0.1) is 11.8 Å². The summed E-state index contributed by atoms with van der Waals surface area (Å²) in [7, 11) is 0. The van der Waals surface area contributed by atoms with Gasteiger partial charge >= 0.3 is 12.1 Å². The van der Waals surface area contributed by atoms with Crippen LogP contribution in [0.4, 0.5) is 24.7 Å². The first kappa shape index (κ1) is 15.2. The molecule has 0 aliphatic rings. The van der Waals surface area contributed by atoms with Crippen LogP contribution in [-0.2, 0) is 11.9 Å². The zero-order chi connectivity index (χ0) is 15.6. The Hall–Kier alpha value is -2.16. The Morgan fingerprint density at radius 2 is 2.00 bits per heavy atom. The van der Waals surface area contributed by atoms with Crippen molar-refractivity contribution in [2.45, 2.75) is 16.8 Å². The van der Waals surface area contributed by atoms with Crippen LogP contribution in [-0.4, -0.2) is 4.92 Å². The monoisotopic (exact) mass is 318 g/mol. The highest BCUT2D eigenvalue weighted by Crippen LogP contribution is 2.35. The molecule has 0 aliphatic heterocycles. The molecule has 1 aromatic heterocycles. The molecule has 0 bridgehead atoms. The van der Waals surface area contributed by atoms with Gasteiger partial charge in [0, 0.05) is 10.6 Å². The van der Waals surface area contributed by atoms with Crippen molar-refractivity contribution in [3.05, 3.63) is 51.8 Å². The van der Waals surface area contributed by atoms with Crippen LogP contribution >= 0.6 is 11.8 Å². The average molecular weight is 318 g/mol. The SMILES string of the molecule is Nc1cc(C(F)(F)F)ccc1SCc1ccc([N+](=O)[O-])o1. The summed E-state index contributed by atoms with van der Waals surface area (Å²) in [6.07, 6.45) is -4.45. The molecule has 2 rings (SSSR count).